The number of halogens is 1. The molecule has 0 aliphatic carbocycles. The molecule has 1 aromatic heterocycles. The van der Waals surface area contributed by atoms with Gasteiger partial charge in [0.1, 0.15) is 5.82 Å². The first-order chi connectivity index (χ1) is 9.54. The Morgan fingerprint density at radius 2 is 2.20 bits per heavy atom. The second-order valence-corrected chi connectivity index (χ2v) is 5.04. The summed E-state index contributed by atoms with van der Waals surface area (Å²) in [5.41, 5.74) is 1.22. The van der Waals surface area contributed by atoms with Gasteiger partial charge >= 0.3 is 0 Å². The Morgan fingerprint density at radius 3 is 2.90 bits per heavy atom. The van der Waals surface area contributed by atoms with E-state index in [2.05, 4.69) is 10.1 Å². The highest BCUT2D eigenvalue weighted by Crippen LogP contribution is 2.32. The van der Waals surface area contributed by atoms with E-state index in [0.29, 0.717) is 23.9 Å². The normalized spacial score (nSPS) is 18.9. The van der Waals surface area contributed by atoms with Crippen LogP contribution in [0.25, 0.3) is 0 Å². The summed E-state index contributed by atoms with van der Waals surface area (Å²) < 4.78 is 19.0. The van der Waals surface area contributed by atoms with Gasteiger partial charge in [-0.3, -0.25) is 4.79 Å². The molecule has 1 amide bonds. The van der Waals surface area contributed by atoms with Crippen LogP contribution in [0.3, 0.4) is 0 Å². The summed E-state index contributed by atoms with van der Waals surface area (Å²) >= 11 is 0. The molecule has 0 unspecified atom stereocenters. The molecule has 6 heteroatoms. The van der Waals surface area contributed by atoms with Crippen LogP contribution in [-0.4, -0.2) is 22.6 Å². The first-order valence-corrected chi connectivity index (χ1v) is 6.41. The SMILES string of the molecule is Cc1ccc(F)c(N2C[C@H](c3nc(C)no3)CC2=O)c1. The van der Waals surface area contributed by atoms with Gasteiger partial charge in [-0.05, 0) is 31.5 Å². The molecule has 104 valence electrons. The van der Waals surface area contributed by atoms with E-state index in [4.69, 9.17) is 4.52 Å². The Morgan fingerprint density at radius 1 is 1.40 bits per heavy atom. The third-order valence-electron chi connectivity index (χ3n) is 3.41. The van der Waals surface area contributed by atoms with Gasteiger partial charge in [-0.1, -0.05) is 11.2 Å². The lowest BCUT2D eigenvalue weighted by molar-refractivity contribution is -0.117. The van der Waals surface area contributed by atoms with Gasteiger partial charge in [-0.15, -0.1) is 0 Å². The molecule has 0 radical (unpaired) electrons. The Bertz CT molecular complexity index is 668. The molecular formula is C14H14FN3O2. The topological polar surface area (TPSA) is 59.2 Å². The highest BCUT2D eigenvalue weighted by Gasteiger charge is 2.36. The minimum absolute atomic E-state index is 0.129. The molecule has 1 aliphatic rings. The number of amides is 1. The number of hydrogen-bond donors (Lipinski definition) is 0. The molecule has 0 saturated carbocycles. The van der Waals surface area contributed by atoms with Gasteiger partial charge in [0.2, 0.25) is 11.8 Å². The zero-order valence-corrected chi connectivity index (χ0v) is 11.3. The van der Waals surface area contributed by atoms with Crippen molar-refractivity contribution in [2.45, 2.75) is 26.2 Å². The molecule has 0 N–H and O–H groups in total. The molecule has 1 atom stereocenters. The number of carbonyl (C=O) groups is 1. The van der Waals surface area contributed by atoms with E-state index in [1.165, 1.54) is 11.0 Å². The Labute approximate surface area is 115 Å². The highest BCUT2D eigenvalue weighted by atomic mass is 19.1. The molecule has 1 aliphatic heterocycles. The summed E-state index contributed by atoms with van der Waals surface area (Å²) in [4.78, 5) is 17.7. The maximum absolute atomic E-state index is 13.9. The molecule has 1 fully saturated rings. The minimum Gasteiger partial charge on any atom is -0.339 e. The summed E-state index contributed by atoms with van der Waals surface area (Å²) in [7, 11) is 0. The fourth-order valence-electron chi connectivity index (χ4n) is 2.41. The van der Waals surface area contributed by atoms with Crippen molar-refractivity contribution in [3.05, 3.63) is 41.3 Å². The van der Waals surface area contributed by atoms with Crippen molar-refractivity contribution in [3.63, 3.8) is 0 Å². The third-order valence-corrected chi connectivity index (χ3v) is 3.41. The van der Waals surface area contributed by atoms with Crippen LogP contribution < -0.4 is 4.90 Å². The number of aromatic nitrogens is 2. The van der Waals surface area contributed by atoms with Crippen LogP contribution in [-0.2, 0) is 4.79 Å². The first-order valence-electron chi connectivity index (χ1n) is 6.41. The standard InChI is InChI=1S/C14H14FN3O2/c1-8-3-4-11(15)12(5-8)18-7-10(6-13(18)19)14-16-9(2)17-20-14/h3-5,10H,6-7H2,1-2H3/t10-/m1/s1. The zero-order chi connectivity index (χ0) is 14.3. The number of benzene rings is 1. The van der Waals surface area contributed by atoms with E-state index in [0.717, 1.165) is 5.56 Å². The van der Waals surface area contributed by atoms with Crippen molar-refractivity contribution in [1.82, 2.24) is 10.1 Å². The summed E-state index contributed by atoms with van der Waals surface area (Å²) in [5, 5.41) is 3.73. The lowest BCUT2D eigenvalue weighted by Gasteiger charge is -2.17. The molecule has 0 spiro atoms. The van der Waals surface area contributed by atoms with Crippen LogP contribution in [0.4, 0.5) is 10.1 Å². The van der Waals surface area contributed by atoms with Crippen LogP contribution in [0.15, 0.2) is 22.7 Å². The average molecular weight is 275 g/mol. The fraction of sp³-hybridized carbons (Fsp3) is 0.357. The van der Waals surface area contributed by atoms with E-state index < -0.39 is 5.82 Å². The number of rotatable bonds is 2. The van der Waals surface area contributed by atoms with E-state index in [9.17, 15) is 9.18 Å². The number of nitrogens with zero attached hydrogens (tertiary/aromatic N) is 3. The highest BCUT2D eigenvalue weighted by molar-refractivity contribution is 5.96. The molecule has 5 nitrogen and oxygen atoms in total. The van der Waals surface area contributed by atoms with Crippen molar-refractivity contribution in [1.29, 1.82) is 0 Å². The number of hydrogen-bond acceptors (Lipinski definition) is 4. The number of carbonyl (C=O) groups excluding carboxylic acids is 1. The molecule has 1 saturated heterocycles. The Hall–Kier alpha value is -2.24. The van der Waals surface area contributed by atoms with Crippen molar-refractivity contribution < 1.29 is 13.7 Å². The van der Waals surface area contributed by atoms with Crippen molar-refractivity contribution >= 4 is 11.6 Å². The van der Waals surface area contributed by atoms with Gasteiger partial charge < -0.3 is 9.42 Å². The molecule has 3 rings (SSSR count). The summed E-state index contributed by atoms with van der Waals surface area (Å²) in [5.74, 6) is 0.268. The van der Waals surface area contributed by atoms with Crippen LogP contribution in [0.5, 0.6) is 0 Å². The lowest BCUT2D eigenvalue weighted by atomic mass is 10.1. The molecular weight excluding hydrogens is 261 g/mol. The predicted molar refractivity (Wildman–Crippen MR) is 69.9 cm³/mol. The van der Waals surface area contributed by atoms with Gasteiger partial charge in [0.15, 0.2) is 5.82 Å². The molecule has 1 aromatic carbocycles. The van der Waals surface area contributed by atoms with Crippen LogP contribution in [0.1, 0.15) is 29.6 Å². The summed E-state index contributed by atoms with van der Waals surface area (Å²) in [6.07, 6.45) is 0.259. The maximum Gasteiger partial charge on any atom is 0.232 e. The quantitative estimate of drug-likeness (QED) is 0.844. The second-order valence-electron chi connectivity index (χ2n) is 5.04. The Kier molecular flexibility index (Phi) is 3.00. The van der Waals surface area contributed by atoms with Gasteiger partial charge in [0, 0.05) is 13.0 Å². The van der Waals surface area contributed by atoms with Gasteiger partial charge in [0.25, 0.3) is 0 Å². The van der Waals surface area contributed by atoms with E-state index >= 15 is 0 Å². The van der Waals surface area contributed by atoms with E-state index in [-0.39, 0.29) is 18.2 Å². The van der Waals surface area contributed by atoms with Crippen molar-refractivity contribution in [3.8, 4) is 0 Å². The second kappa shape index (κ2) is 4.70. The smallest absolute Gasteiger partial charge is 0.232 e. The lowest BCUT2D eigenvalue weighted by Crippen LogP contribution is -2.25. The minimum atomic E-state index is -0.397. The van der Waals surface area contributed by atoms with Crippen LogP contribution >= 0.6 is 0 Å². The van der Waals surface area contributed by atoms with Crippen LogP contribution in [0.2, 0.25) is 0 Å². The van der Waals surface area contributed by atoms with E-state index in [1.807, 2.05) is 6.92 Å². The van der Waals surface area contributed by atoms with Gasteiger partial charge in [-0.25, -0.2) is 4.39 Å². The summed E-state index contributed by atoms with van der Waals surface area (Å²) in [6, 6.07) is 4.73. The zero-order valence-electron chi connectivity index (χ0n) is 11.3. The van der Waals surface area contributed by atoms with Crippen molar-refractivity contribution in [2.75, 3.05) is 11.4 Å². The summed E-state index contributed by atoms with van der Waals surface area (Å²) in [6.45, 7) is 3.95. The number of anilines is 1. The molecule has 20 heavy (non-hydrogen) atoms. The van der Waals surface area contributed by atoms with Crippen LogP contribution in [0, 0.1) is 19.7 Å². The molecule has 2 heterocycles. The van der Waals surface area contributed by atoms with Gasteiger partial charge in [0.05, 0.1) is 11.6 Å². The van der Waals surface area contributed by atoms with E-state index in [1.54, 1.807) is 19.1 Å². The fourth-order valence-corrected chi connectivity index (χ4v) is 2.41. The monoisotopic (exact) mass is 275 g/mol. The number of aryl methyl sites for hydroxylation is 2. The third kappa shape index (κ3) is 2.17. The van der Waals surface area contributed by atoms with Crippen molar-refractivity contribution in [2.24, 2.45) is 0 Å². The largest absolute Gasteiger partial charge is 0.339 e. The molecule has 2 aromatic rings. The molecule has 0 bridgehead atoms. The van der Waals surface area contributed by atoms with Gasteiger partial charge in [-0.2, -0.15) is 4.98 Å². The maximum atomic E-state index is 13.9. The predicted octanol–water partition coefficient (Wildman–Crippen LogP) is 2.35. The average Bonchev–Trinajstić information content (AvgIpc) is 2.99. The first kappa shape index (κ1) is 12.8. The Balaban J connectivity index is 1.89.